The van der Waals surface area contributed by atoms with E-state index >= 15 is 0 Å². The lowest BCUT2D eigenvalue weighted by Crippen LogP contribution is -2.21. The van der Waals surface area contributed by atoms with Crippen LogP contribution in [0.4, 0.5) is 0 Å². The molecule has 0 radical (unpaired) electrons. The highest BCUT2D eigenvalue weighted by Crippen LogP contribution is 2.28. The summed E-state index contributed by atoms with van der Waals surface area (Å²) in [5, 5.41) is 2.85. The Labute approximate surface area is 105 Å². The summed E-state index contributed by atoms with van der Waals surface area (Å²) in [6.07, 6.45) is 0.692. The number of carbonyl (C=O) groups excluding carboxylic acids is 2. The Kier molecular flexibility index (Phi) is 3.62. The van der Waals surface area contributed by atoms with E-state index in [0.717, 1.165) is 5.56 Å². The van der Waals surface area contributed by atoms with Gasteiger partial charge in [-0.2, -0.15) is 0 Å². The largest absolute Gasteiger partial charge is 0.462 e. The first kappa shape index (κ1) is 12.6. The molecular formula is C13H16N2O3. The molecule has 5 heteroatoms. The van der Waals surface area contributed by atoms with Gasteiger partial charge in [-0.1, -0.05) is 6.07 Å². The highest BCUT2D eigenvalue weighted by Gasteiger charge is 2.28. The minimum Gasteiger partial charge on any atom is -0.462 e. The summed E-state index contributed by atoms with van der Waals surface area (Å²) in [6.45, 7) is 2.57. The Balaban J connectivity index is 2.30. The van der Waals surface area contributed by atoms with Gasteiger partial charge in [-0.25, -0.2) is 4.79 Å². The van der Waals surface area contributed by atoms with Gasteiger partial charge in [-0.05, 0) is 37.6 Å². The molecule has 18 heavy (non-hydrogen) atoms. The zero-order valence-corrected chi connectivity index (χ0v) is 10.2. The van der Waals surface area contributed by atoms with Gasteiger partial charge in [0.25, 0.3) is 5.91 Å². The molecular weight excluding hydrogens is 232 g/mol. The van der Waals surface area contributed by atoms with Gasteiger partial charge in [-0.3, -0.25) is 4.79 Å². The first-order chi connectivity index (χ1) is 8.67. The normalized spacial score (nSPS) is 17.2. The minimum atomic E-state index is -0.407. The van der Waals surface area contributed by atoms with Gasteiger partial charge < -0.3 is 15.8 Å². The van der Waals surface area contributed by atoms with Crippen molar-refractivity contribution < 1.29 is 14.3 Å². The Morgan fingerprint density at radius 3 is 2.94 bits per heavy atom. The summed E-state index contributed by atoms with van der Waals surface area (Å²) in [4.78, 5) is 23.4. The van der Waals surface area contributed by atoms with Crippen molar-refractivity contribution in [2.45, 2.75) is 19.4 Å². The van der Waals surface area contributed by atoms with Crippen molar-refractivity contribution in [3.63, 3.8) is 0 Å². The molecule has 0 saturated carbocycles. The van der Waals surface area contributed by atoms with Crippen molar-refractivity contribution in [2.24, 2.45) is 5.73 Å². The SMILES string of the molecule is CCOC(=O)c1ccc2c(c1)C(=O)NC2CCN. The van der Waals surface area contributed by atoms with Crippen LogP contribution in [-0.4, -0.2) is 25.0 Å². The van der Waals surface area contributed by atoms with Crippen molar-refractivity contribution >= 4 is 11.9 Å². The van der Waals surface area contributed by atoms with E-state index in [1.807, 2.05) is 0 Å². The lowest BCUT2D eigenvalue weighted by Gasteiger charge is -2.09. The maximum atomic E-state index is 11.8. The highest BCUT2D eigenvalue weighted by atomic mass is 16.5. The molecule has 0 aromatic heterocycles. The van der Waals surface area contributed by atoms with Crippen LogP contribution in [0.3, 0.4) is 0 Å². The number of rotatable bonds is 4. The molecule has 1 aliphatic rings. The summed E-state index contributed by atoms with van der Waals surface area (Å²) >= 11 is 0. The Morgan fingerprint density at radius 2 is 2.28 bits per heavy atom. The van der Waals surface area contributed by atoms with Gasteiger partial charge in [0.1, 0.15) is 0 Å². The number of fused-ring (bicyclic) bond motifs is 1. The Morgan fingerprint density at radius 1 is 1.50 bits per heavy atom. The molecule has 96 valence electrons. The second kappa shape index (κ2) is 5.18. The second-order valence-electron chi connectivity index (χ2n) is 4.13. The molecule has 1 aliphatic heterocycles. The van der Waals surface area contributed by atoms with Gasteiger partial charge in [0.05, 0.1) is 18.2 Å². The predicted octanol–water partition coefficient (Wildman–Crippen LogP) is 0.997. The zero-order valence-electron chi connectivity index (χ0n) is 10.2. The number of ether oxygens (including phenoxy) is 1. The summed E-state index contributed by atoms with van der Waals surface area (Å²) < 4.78 is 4.91. The number of carbonyl (C=O) groups is 2. The zero-order chi connectivity index (χ0) is 13.1. The first-order valence-corrected chi connectivity index (χ1v) is 5.99. The molecule has 5 nitrogen and oxygen atoms in total. The molecule has 0 bridgehead atoms. The van der Waals surface area contributed by atoms with Gasteiger partial charge in [0.2, 0.25) is 0 Å². The molecule has 0 saturated heterocycles. The van der Waals surface area contributed by atoms with Crippen LogP contribution in [0.15, 0.2) is 18.2 Å². The predicted molar refractivity (Wildman–Crippen MR) is 66.3 cm³/mol. The quantitative estimate of drug-likeness (QED) is 0.779. The number of hydrogen-bond acceptors (Lipinski definition) is 4. The molecule has 0 aliphatic carbocycles. The van der Waals surface area contributed by atoms with Crippen LogP contribution in [0.2, 0.25) is 0 Å². The van der Waals surface area contributed by atoms with Crippen LogP contribution in [0, 0.1) is 0 Å². The molecule has 2 rings (SSSR count). The monoisotopic (exact) mass is 248 g/mol. The van der Waals surface area contributed by atoms with Crippen LogP contribution in [0.1, 0.15) is 45.7 Å². The van der Waals surface area contributed by atoms with E-state index in [1.54, 1.807) is 25.1 Å². The fourth-order valence-corrected chi connectivity index (χ4v) is 2.11. The van der Waals surface area contributed by atoms with Crippen molar-refractivity contribution in [3.05, 3.63) is 34.9 Å². The number of amides is 1. The maximum absolute atomic E-state index is 11.8. The van der Waals surface area contributed by atoms with Gasteiger partial charge in [0.15, 0.2) is 0 Å². The van der Waals surface area contributed by atoms with Crippen LogP contribution in [0.25, 0.3) is 0 Å². The van der Waals surface area contributed by atoms with Crippen LogP contribution in [0.5, 0.6) is 0 Å². The number of nitrogens with two attached hydrogens (primary N) is 1. The molecule has 1 heterocycles. The molecule has 0 fully saturated rings. The third-order valence-corrected chi connectivity index (χ3v) is 2.95. The molecule has 1 atom stereocenters. The Bertz CT molecular complexity index is 485. The van der Waals surface area contributed by atoms with Crippen molar-refractivity contribution in [3.8, 4) is 0 Å². The van der Waals surface area contributed by atoms with Gasteiger partial charge in [-0.15, -0.1) is 0 Å². The summed E-state index contributed by atoms with van der Waals surface area (Å²) in [6, 6.07) is 5.01. The van der Waals surface area contributed by atoms with E-state index in [0.29, 0.717) is 30.7 Å². The second-order valence-corrected chi connectivity index (χ2v) is 4.13. The Hall–Kier alpha value is -1.88. The fourth-order valence-electron chi connectivity index (χ4n) is 2.11. The molecule has 1 aromatic rings. The molecule has 1 amide bonds. The summed E-state index contributed by atoms with van der Waals surface area (Å²) in [5.74, 6) is -0.565. The van der Waals surface area contributed by atoms with Crippen molar-refractivity contribution in [1.29, 1.82) is 0 Å². The number of benzene rings is 1. The van der Waals surface area contributed by atoms with Crippen LogP contribution >= 0.6 is 0 Å². The summed E-state index contributed by atoms with van der Waals surface area (Å²) in [7, 11) is 0. The number of esters is 1. The average molecular weight is 248 g/mol. The molecule has 1 unspecified atom stereocenters. The third kappa shape index (κ3) is 2.22. The third-order valence-electron chi connectivity index (χ3n) is 2.95. The van der Waals surface area contributed by atoms with Crippen molar-refractivity contribution in [2.75, 3.05) is 13.2 Å². The van der Waals surface area contributed by atoms with E-state index in [1.165, 1.54) is 0 Å². The van der Waals surface area contributed by atoms with E-state index in [9.17, 15) is 9.59 Å². The lowest BCUT2D eigenvalue weighted by molar-refractivity contribution is 0.0526. The van der Waals surface area contributed by atoms with E-state index in [4.69, 9.17) is 10.5 Å². The smallest absolute Gasteiger partial charge is 0.338 e. The molecule has 3 N–H and O–H groups in total. The first-order valence-electron chi connectivity index (χ1n) is 5.99. The number of hydrogen-bond donors (Lipinski definition) is 2. The highest BCUT2D eigenvalue weighted by molar-refractivity contribution is 6.01. The summed E-state index contributed by atoms with van der Waals surface area (Å²) in [5.41, 5.74) is 7.35. The fraction of sp³-hybridized carbons (Fsp3) is 0.385. The van der Waals surface area contributed by atoms with Gasteiger partial charge >= 0.3 is 5.97 Å². The van der Waals surface area contributed by atoms with Crippen LogP contribution in [-0.2, 0) is 4.74 Å². The maximum Gasteiger partial charge on any atom is 0.338 e. The van der Waals surface area contributed by atoms with E-state index < -0.39 is 5.97 Å². The van der Waals surface area contributed by atoms with Crippen LogP contribution < -0.4 is 11.1 Å². The lowest BCUT2D eigenvalue weighted by atomic mass is 10.00. The van der Waals surface area contributed by atoms with E-state index in [2.05, 4.69) is 5.32 Å². The molecule has 0 spiro atoms. The topological polar surface area (TPSA) is 81.4 Å². The standard InChI is InChI=1S/C13H16N2O3/c1-2-18-13(17)8-3-4-9-10(7-8)12(16)15-11(9)5-6-14/h3-4,7,11H,2,5-6,14H2,1H3,(H,15,16). The van der Waals surface area contributed by atoms with Gasteiger partial charge in [0, 0.05) is 5.56 Å². The number of nitrogens with one attached hydrogen (secondary N) is 1. The minimum absolute atomic E-state index is 0.0475. The average Bonchev–Trinajstić information content (AvgIpc) is 2.67. The molecule has 1 aromatic carbocycles. The van der Waals surface area contributed by atoms with Crippen molar-refractivity contribution in [1.82, 2.24) is 5.32 Å². The van der Waals surface area contributed by atoms with E-state index in [-0.39, 0.29) is 11.9 Å².